The van der Waals surface area contributed by atoms with Crippen molar-refractivity contribution in [3.63, 3.8) is 0 Å². The number of anilines is 2. The molecule has 5 aromatic carbocycles. The molecule has 1 N–H and O–H groups in total. The SMILES string of the molecule is c1ccc(-c2cccc(-c3ccccc3)c2Nc2cccc(-c3ccccc3)c2-c2cccs2)cc1. The third-order valence-corrected chi connectivity index (χ3v) is 7.30. The summed E-state index contributed by atoms with van der Waals surface area (Å²) in [4.78, 5) is 1.25. The Bertz CT molecular complexity index is 1510. The summed E-state index contributed by atoms with van der Waals surface area (Å²) < 4.78 is 0. The normalized spacial score (nSPS) is 10.8. The van der Waals surface area contributed by atoms with E-state index in [4.69, 9.17) is 0 Å². The van der Waals surface area contributed by atoms with Gasteiger partial charge in [0.05, 0.1) is 5.69 Å². The second kappa shape index (κ2) is 10.1. The van der Waals surface area contributed by atoms with Gasteiger partial charge in [-0.2, -0.15) is 0 Å². The van der Waals surface area contributed by atoms with E-state index in [0.29, 0.717) is 0 Å². The minimum Gasteiger partial charge on any atom is -0.354 e. The quantitative estimate of drug-likeness (QED) is 0.250. The molecular weight excluding hydrogens is 454 g/mol. The first-order chi connectivity index (χ1) is 17.9. The van der Waals surface area contributed by atoms with Gasteiger partial charge < -0.3 is 5.32 Å². The van der Waals surface area contributed by atoms with E-state index in [0.717, 1.165) is 11.4 Å². The summed E-state index contributed by atoms with van der Waals surface area (Å²) in [6, 6.07) is 49.3. The fraction of sp³-hybridized carbons (Fsp3) is 0. The molecule has 2 heteroatoms. The molecule has 172 valence electrons. The van der Waals surface area contributed by atoms with Crippen LogP contribution in [0.15, 0.2) is 145 Å². The molecule has 0 atom stereocenters. The second-order valence-electron chi connectivity index (χ2n) is 8.66. The van der Waals surface area contributed by atoms with Crippen LogP contribution in [-0.2, 0) is 0 Å². The Labute approximate surface area is 216 Å². The van der Waals surface area contributed by atoms with Crippen molar-refractivity contribution in [2.45, 2.75) is 0 Å². The number of nitrogens with one attached hydrogen (secondary N) is 1. The Morgan fingerprint density at radius 2 is 0.917 bits per heavy atom. The molecule has 0 radical (unpaired) electrons. The van der Waals surface area contributed by atoms with Gasteiger partial charge in [-0.25, -0.2) is 0 Å². The zero-order valence-corrected chi connectivity index (χ0v) is 20.6. The van der Waals surface area contributed by atoms with Gasteiger partial charge in [-0.3, -0.25) is 0 Å². The Morgan fingerprint density at radius 3 is 1.44 bits per heavy atom. The van der Waals surface area contributed by atoms with Crippen molar-refractivity contribution >= 4 is 22.7 Å². The van der Waals surface area contributed by atoms with Crippen LogP contribution in [0.2, 0.25) is 0 Å². The van der Waals surface area contributed by atoms with Gasteiger partial charge in [0.2, 0.25) is 0 Å². The molecule has 0 saturated carbocycles. The Kier molecular flexibility index (Phi) is 6.18. The van der Waals surface area contributed by atoms with E-state index in [-0.39, 0.29) is 0 Å². The first-order valence-electron chi connectivity index (χ1n) is 12.1. The van der Waals surface area contributed by atoms with Crippen LogP contribution >= 0.6 is 11.3 Å². The number of benzene rings is 5. The lowest BCUT2D eigenvalue weighted by Crippen LogP contribution is -1.99. The van der Waals surface area contributed by atoms with Gasteiger partial charge in [0, 0.05) is 27.3 Å². The number of hydrogen-bond donors (Lipinski definition) is 1. The zero-order valence-electron chi connectivity index (χ0n) is 19.8. The molecule has 0 aliphatic rings. The molecule has 0 aliphatic heterocycles. The second-order valence-corrected chi connectivity index (χ2v) is 9.60. The molecule has 1 heterocycles. The van der Waals surface area contributed by atoms with E-state index in [2.05, 4.69) is 150 Å². The van der Waals surface area contributed by atoms with Crippen LogP contribution in [0.1, 0.15) is 0 Å². The van der Waals surface area contributed by atoms with Crippen LogP contribution in [0, 0.1) is 0 Å². The highest BCUT2D eigenvalue weighted by Gasteiger charge is 2.17. The average molecular weight is 480 g/mol. The maximum Gasteiger partial charge on any atom is 0.0543 e. The Morgan fingerprint density at radius 1 is 0.417 bits per heavy atom. The molecule has 0 fully saturated rings. The van der Waals surface area contributed by atoms with Gasteiger partial charge in [-0.1, -0.05) is 127 Å². The maximum atomic E-state index is 3.91. The zero-order chi connectivity index (χ0) is 24.2. The Hall–Kier alpha value is -4.40. The molecule has 0 aliphatic carbocycles. The van der Waals surface area contributed by atoms with Gasteiger partial charge in [-0.05, 0) is 39.8 Å². The summed E-state index contributed by atoms with van der Waals surface area (Å²) in [7, 11) is 0. The van der Waals surface area contributed by atoms with E-state index in [1.165, 1.54) is 43.8 Å². The van der Waals surface area contributed by atoms with E-state index >= 15 is 0 Å². The van der Waals surface area contributed by atoms with Crippen LogP contribution in [-0.4, -0.2) is 0 Å². The van der Waals surface area contributed by atoms with Crippen LogP contribution in [0.3, 0.4) is 0 Å². The van der Waals surface area contributed by atoms with Crippen molar-refractivity contribution in [1.29, 1.82) is 0 Å². The molecule has 6 rings (SSSR count). The summed E-state index contributed by atoms with van der Waals surface area (Å²) in [5, 5.41) is 6.06. The smallest absolute Gasteiger partial charge is 0.0543 e. The van der Waals surface area contributed by atoms with Crippen molar-refractivity contribution in [3.8, 4) is 43.8 Å². The third kappa shape index (κ3) is 4.35. The van der Waals surface area contributed by atoms with Gasteiger partial charge in [-0.15, -0.1) is 11.3 Å². The standard InChI is InChI=1S/C34H25NS/c1-4-13-25(14-5-1)28-19-11-22-31(33(28)32-23-12-24-36-32)35-34-29(26-15-6-2-7-16-26)20-10-21-30(34)27-17-8-3-9-18-27/h1-24,35H. The molecule has 1 aromatic heterocycles. The van der Waals surface area contributed by atoms with Crippen LogP contribution < -0.4 is 5.32 Å². The van der Waals surface area contributed by atoms with E-state index in [1.807, 2.05) is 0 Å². The number of hydrogen-bond acceptors (Lipinski definition) is 2. The molecule has 0 spiro atoms. The number of rotatable bonds is 6. The lowest BCUT2D eigenvalue weighted by molar-refractivity contribution is 1.51. The first-order valence-corrected chi connectivity index (χ1v) is 13.0. The fourth-order valence-electron chi connectivity index (χ4n) is 4.74. The topological polar surface area (TPSA) is 12.0 Å². The van der Waals surface area contributed by atoms with Gasteiger partial charge >= 0.3 is 0 Å². The number of thiophene rings is 1. The van der Waals surface area contributed by atoms with Gasteiger partial charge in [0.1, 0.15) is 0 Å². The predicted molar refractivity (Wildman–Crippen MR) is 156 cm³/mol. The lowest BCUT2D eigenvalue weighted by atomic mass is 9.94. The van der Waals surface area contributed by atoms with Crippen molar-refractivity contribution in [2.24, 2.45) is 0 Å². The molecule has 0 bridgehead atoms. The number of para-hydroxylation sites is 1. The fourth-order valence-corrected chi connectivity index (χ4v) is 5.54. The summed E-state index contributed by atoms with van der Waals surface area (Å²) in [6.45, 7) is 0. The minimum absolute atomic E-state index is 1.10. The summed E-state index contributed by atoms with van der Waals surface area (Å²) in [5.74, 6) is 0. The third-order valence-electron chi connectivity index (χ3n) is 6.41. The highest BCUT2D eigenvalue weighted by atomic mass is 32.1. The van der Waals surface area contributed by atoms with Crippen molar-refractivity contribution < 1.29 is 0 Å². The molecule has 0 amide bonds. The molecule has 0 saturated heterocycles. The average Bonchev–Trinajstić information content (AvgIpc) is 3.49. The Balaban J connectivity index is 1.58. The molecular formula is C34H25NS. The molecule has 6 aromatic rings. The predicted octanol–water partition coefficient (Wildman–Crippen LogP) is 10.2. The monoisotopic (exact) mass is 479 g/mol. The van der Waals surface area contributed by atoms with Crippen molar-refractivity contribution in [1.82, 2.24) is 0 Å². The highest BCUT2D eigenvalue weighted by Crippen LogP contribution is 2.44. The van der Waals surface area contributed by atoms with Gasteiger partial charge in [0.25, 0.3) is 0 Å². The van der Waals surface area contributed by atoms with Gasteiger partial charge in [0.15, 0.2) is 0 Å². The van der Waals surface area contributed by atoms with Crippen LogP contribution in [0.5, 0.6) is 0 Å². The van der Waals surface area contributed by atoms with E-state index < -0.39 is 0 Å². The van der Waals surface area contributed by atoms with Crippen LogP contribution in [0.4, 0.5) is 11.4 Å². The molecule has 1 nitrogen and oxygen atoms in total. The summed E-state index contributed by atoms with van der Waals surface area (Å²) in [5.41, 5.74) is 10.6. The minimum atomic E-state index is 1.10. The molecule has 0 unspecified atom stereocenters. The largest absolute Gasteiger partial charge is 0.354 e. The first kappa shape index (κ1) is 22.1. The maximum absolute atomic E-state index is 3.91. The van der Waals surface area contributed by atoms with Crippen LogP contribution in [0.25, 0.3) is 43.8 Å². The summed E-state index contributed by atoms with van der Waals surface area (Å²) in [6.07, 6.45) is 0. The highest BCUT2D eigenvalue weighted by molar-refractivity contribution is 7.13. The van der Waals surface area contributed by atoms with E-state index in [1.54, 1.807) is 11.3 Å². The van der Waals surface area contributed by atoms with Crippen molar-refractivity contribution in [2.75, 3.05) is 5.32 Å². The van der Waals surface area contributed by atoms with Crippen molar-refractivity contribution in [3.05, 3.63) is 145 Å². The van der Waals surface area contributed by atoms with E-state index in [9.17, 15) is 0 Å². The lowest BCUT2D eigenvalue weighted by Gasteiger charge is -2.21. The molecule has 36 heavy (non-hydrogen) atoms. The summed E-state index contributed by atoms with van der Waals surface area (Å²) >= 11 is 1.77.